The minimum absolute atomic E-state index is 0.140. The molecular weight excluding hydrogens is 381 g/mol. The number of sulfonamides is 1. The topological polar surface area (TPSA) is 98.8 Å². The van der Waals surface area contributed by atoms with Crippen molar-refractivity contribution in [1.82, 2.24) is 4.72 Å². The summed E-state index contributed by atoms with van der Waals surface area (Å²) < 4.78 is 35.3. The molecule has 0 aromatic heterocycles. The van der Waals surface area contributed by atoms with E-state index in [1.54, 1.807) is 0 Å². The third-order valence-electron chi connectivity index (χ3n) is 3.12. The second-order valence-corrected chi connectivity index (χ2v) is 7.81. The zero-order chi connectivity index (χ0) is 18.3. The van der Waals surface area contributed by atoms with Crippen LogP contribution in [0.1, 0.15) is 19.4 Å². The van der Waals surface area contributed by atoms with Gasteiger partial charge < -0.3 is 9.47 Å². The van der Waals surface area contributed by atoms with E-state index in [2.05, 4.69) is 0 Å². The zero-order valence-corrected chi connectivity index (χ0v) is 15.2. The Morgan fingerprint density at radius 3 is 2.46 bits per heavy atom. The molecule has 1 aromatic rings. The van der Waals surface area contributed by atoms with Crippen LogP contribution in [0.25, 0.3) is 0 Å². The van der Waals surface area contributed by atoms with Gasteiger partial charge in [0.2, 0.25) is 27.3 Å². The average Bonchev–Trinajstić information content (AvgIpc) is 2.61. The second kappa shape index (κ2) is 6.27. The maximum atomic E-state index is 12.7. The summed E-state index contributed by atoms with van der Waals surface area (Å²) in [4.78, 5) is 23.9. The number of esters is 1. The molecule has 0 aliphatic carbocycles. The number of ketones is 1. The van der Waals surface area contributed by atoms with Crippen molar-refractivity contribution in [2.24, 2.45) is 0 Å². The Bertz CT molecular complexity index is 864. The molecule has 2 rings (SSSR count). The Kier molecular flexibility index (Phi) is 4.85. The maximum Gasteiger partial charge on any atom is 0.308 e. The van der Waals surface area contributed by atoms with Crippen molar-refractivity contribution in [1.29, 1.82) is 0 Å². The molecule has 0 radical (unpaired) electrons. The third-order valence-corrected chi connectivity index (χ3v) is 4.22. The average molecular weight is 394 g/mol. The van der Waals surface area contributed by atoms with Gasteiger partial charge in [-0.2, -0.15) is 0 Å². The number of ether oxygens (including phenoxy) is 2. The van der Waals surface area contributed by atoms with E-state index in [9.17, 15) is 18.0 Å². The summed E-state index contributed by atoms with van der Waals surface area (Å²) in [6.45, 7) is 2.45. The Balaban J connectivity index is 2.53. The summed E-state index contributed by atoms with van der Waals surface area (Å²) in [7, 11) is -3.78. The van der Waals surface area contributed by atoms with Crippen LogP contribution in [-0.4, -0.2) is 26.4 Å². The minimum atomic E-state index is -3.78. The number of halogens is 2. The van der Waals surface area contributed by atoms with Crippen molar-refractivity contribution in [2.75, 3.05) is 6.26 Å². The molecule has 1 heterocycles. The Hall–Kier alpha value is -1.77. The molecule has 0 fully saturated rings. The molecule has 0 saturated heterocycles. The highest BCUT2D eigenvalue weighted by Gasteiger charge is 2.51. The van der Waals surface area contributed by atoms with E-state index in [1.165, 1.54) is 25.1 Å². The van der Waals surface area contributed by atoms with Crippen molar-refractivity contribution >= 4 is 45.0 Å². The van der Waals surface area contributed by atoms with Gasteiger partial charge in [0.15, 0.2) is 0 Å². The van der Waals surface area contributed by atoms with Gasteiger partial charge in [-0.15, -0.1) is 0 Å². The van der Waals surface area contributed by atoms with E-state index < -0.39 is 39.0 Å². The molecule has 0 spiro atoms. The highest BCUT2D eigenvalue weighted by molar-refractivity contribution is 7.88. The first kappa shape index (κ1) is 18.6. The van der Waals surface area contributed by atoms with Crippen molar-refractivity contribution in [3.05, 3.63) is 45.5 Å². The van der Waals surface area contributed by atoms with Crippen LogP contribution in [-0.2, 0) is 34.7 Å². The second-order valence-electron chi connectivity index (χ2n) is 5.21. The van der Waals surface area contributed by atoms with Crippen molar-refractivity contribution in [3.63, 3.8) is 0 Å². The first-order valence-electron chi connectivity index (χ1n) is 6.54. The number of carbonyl (C=O) groups is 2. The molecule has 0 bridgehead atoms. The number of hydrogen-bond acceptors (Lipinski definition) is 6. The molecule has 7 nitrogen and oxygen atoms in total. The Morgan fingerprint density at radius 1 is 1.33 bits per heavy atom. The zero-order valence-electron chi connectivity index (χ0n) is 12.8. The van der Waals surface area contributed by atoms with Gasteiger partial charge in [0.1, 0.15) is 0 Å². The standard InChI is InChI=1S/C14H13Cl2NO6S/c1-7(18)22-11-12(19)14(2,23-13(11)17-24(3,20)21)9-5-4-8(15)6-10(9)16/h4-6,17H,1-3H3. The van der Waals surface area contributed by atoms with Crippen LogP contribution >= 0.6 is 23.2 Å². The SMILES string of the molecule is CC(=O)OC1=C(NS(C)(=O)=O)OC(C)(c2ccc(Cl)cc2Cl)C1=O. The number of carbonyl (C=O) groups excluding carboxylic acids is 2. The lowest BCUT2D eigenvalue weighted by Crippen LogP contribution is -2.32. The Morgan fingerprint density at radius 2 is 1.96 bits per heavy atom. The molecule has 130 valence electrons. The quantitative estimate of drug-likeness (QED) is 0.786. The monoisotopic (exact) mass is 393 g/mol. The molecule has 1 aliphatic heterocycles. The van der Waals surface area contributed by atoms with E-state index >= 15 is 0 Å². The maximum absolute atomic E-state index is 12.7. The van der Waals surface area contributed by atoms with Gasteiger partial charge in [0.25, 0.3) is 5.78 Å². The lowest BCUT2D eigenvalue weighted by atomic mass is 9.91. The summed E-state index contributed by atoms with van der Waals surface area (Å²) in [5, 5.41) is 0.488. The fraction of sp³-hybridized carbons (Fsp3) is 0.286. The molecule has 1 unspecified atom stereocenters. The lowest BCUT2D eigenvalue weighted by Gasteiger charge is -2.24. The largest absolute Gasteiger partial charge is 0.456 e. The Labute approximate surface area is 148 Å². The van der Waals surface area contributed by atoms with Crippen LogP contribution in [0.4, 0.5) is 0 Å². The van der Waals surface area contributed by atoms with Crippen LogP contribution in [0, 0.1) is 0 Å². The fourth-order valence-corrected chi connectivity index (χ4v) is 3.20. The van der Waals surface area contributed by atoms with Gasteiger partial charge >= 0.3 is 5.97 Å². The van der Waals surface area contributed by atoms with Gasteiger partial charge in [-0.3, -0.25) is 14.3 Å². The van der Waals surface area contributed by atoms with E-state index in [0.29, 0.717) is 5.02 Å². The molecule has 1 N–H and O–H groups in total. The number of hydrogen-bond donors (Lipinski definition) is 1. The summed E-state index contributed by atoms with van der Waals surface area (Å²) >= 11 is 12.0. The minimum Gasteiger partial charge on any atom is -0.456 e. The smallest absolute Gasteiger partial charge is 0.308 e. The highest BCUT2D eigenvalue weighted by atomic mass is 35.5. The first-order chi connectivity index (χ1) is 10.9. The van der Waals surface area contributed by atoms with Crippen molar-refractivity contribution in [2.45, 2.75) is 19.4 Å². The molecule has 24 heavy (non-hydrogen) atoms. The molecule has 0 amide bonds. The van der Waals surface area contributed by atoms with Crippen LogP contribution in [0.5, 0.6) is 0 Å². The summed E-state index contributed by atoms with van der Waals surface area (Å²) in [5.74, 6) is -2.58. The number of nitrogens with one attached hydrogen (secondary N) is 1. The van der Waals surface area contributed by atoms with E-state index in [1.807, 2.05) is 4.72 Å². The van der Waals surface area contributed by atoms with E-state index in [-0.39, 0.29) is 10.6 Å². The van der Waals surface area contributed by atoms with E-state index in [4.69, 9.17) is 32.7 Å². The highest BCUT2D eigenvalue weighted by Crippen LogP contribution is 2.42. The van der Waals surface area contributed by atoms with Crippen molar-refractivity contribution in [3.8, 4) is 0 Å². The fourth-order valence-electron chi connectivity index (χ4n) is 2.14. The number of rotatable bonds is 4. The van der Waals surface area contributed by atoms with Crippen molar-refractivity contribution < 1.29 is 27.5 Å². The van der Waals surface area contributed by atoms with Crippen LogP contribution < -0.4 is 4.72 Å². The number of benzene rings is 1. The predicted octanol–water partition coefficient (Wildman–Crippen LogP) is 2.09. The first-order valence-corrected chi connectivity index (χ1v) is 9.18. The van der Waals surface area contributed by atoms with Crippen LogP contribution in [0.15, 0.2) is 29.8 Å². The summed E-state index contributed by atoms with van der Waals surface area (Å²) in [6.07, 6.45) is 0.865. The van der Waals surface area contributed by atoms with Crippen LogP contribution in [0.2, 0.25) is 10.0 Å². The molecule has 10 heteroatoms. The third kappa shape index (κ3) is 3.66. The molecule has 1 aromatic carbocycles. The molecule has 1 aliphatic rings. The summed E-state index contributed by atoms with van der Waals surface area (Å²) in [5.41, 5.74) is -1.44. The van der Waals surface area contributed by atoms with Crippen LogP contribution in [0.3, 0.4) is 0 Å². The predicted molar refractivity (Wildman–Crippen MR) is 86.7 cm³/mol. The molecule has 0 saturated carbocycles. The number of Topliss-reactive ketones (excluding diaryl/α,β-unsaturated/α-hetero) is 1. The normalized spacial score (nSPS) is 20.8. The molecular formula is C14H13Cl2NO6S. The lowest BCUT2D eigenvalue weighted by molar-refractivity contribution is -0.142. The van der Waals surface area contributed by atoms with Gasteiger partial charge in [-0.05, 0) is 19.1 Å². The molecule has 1 atom stereocenters. The van der Waals surface area contributed by atoms with Gasteiger partial charge in [0, 0.05) is 22.5 Å². The summed E-state index contributed by atoms with van der Waals surface area (Å²) in [6, 6.07) is 4.38. The van der Waals surface area contributed by atoms with E-state index in [0.717, 1.165) is 13.2 Å². The van der Waals surface area contributed by atoms with Gasteiger partial charge in [-0.1, -0.05) is 29.3 Å². The van der Waals surface area contributed by atoms with Gasteiger partial charge in [0.05, 0.1) is 6.26 Å². The van der Waals surface area contributed by atoms with Gasteiger partial charge in [-0.25, -0.2) is 8.42 Å².